The van der Waals surface area contributed by atoms with Gasteiger partial charge >= 0.3 is 0 Å². The van der Waals surface area contributed by atoms with Crippen molar-refractivity contribution in [3.8, 4) is 24.2 Å². The van der Waals surface area contributed by atoms with E-state index in [4.69, 9.17) is 21.2 Å². The summed E-state index contributed by atoms with van der Waals surface area (Å²) in [6.07, 6.45) is 5.78. The average molecular weight is 215 g/mol. The normalized spacial score (nSPS) is 9.12. The summed E-state index contributed by atoms with van der Waals surface area (Å²) in [5.41, 5.74) is 0.548. The number of ether oxygens (including phenoxy) is 2. The smallest absolute Gasteiger partial charge is 0.137 e. The highest BCUT2D eigenvalue weighted by molar-refractivity contribution is 5.42. The van der Waals surface area contributed by atoms with Crippen molar-refractivity contribution < 1.29 is 9.47 Å². The Bertz CT molecular complexity index is 401. The minimum absolute atomic E-state index is 0.328. The molecule has 1 aromatic carbocycles. The van der Waals surface area contributed by atoms with Gasteiger partial charge in [0.2, 0.25) is 0 Å². The van der Waals surface area contributed by atoms with Crippen LogP contribution in [0.5, 0.6) is 5.75 Å². The van der Waals surface area contributed by atoms with Crippen LogP contribution in [0.1, 0.15) is 12.0 Å². The number of para-hydroxylation sites is 1. The average Bonchev–Trinajstić information content (AvgIpc) is 2.34. The van der Waals surface area contributed by atoms with E-state index in [-0.39, 0.29) is 0 Å². The first kappa shape index (κ1) is 12.1. The third kappa shape index (κ3) is 4.04. The van der Waals surface area contributed by atoms with Crippen molar-refractivity contribution >= 4 is 0 Å². The van der Waals surface area contributed by atoms with E-state index in [0.29, 0.717) is 31.1 Å². The van der Waals surface area contributed by atoms with E-state index in [0.717, 1.165) is 6.42 Å². The highest BCUT2D eigenvalue weighted by atomic mass is 16.5. The lowest BCUT2D eigenvalue weighted by Crippen LogP contribution is -2.04. The summed E-state index contributed by atoms with van der Waals surface area (Å²) in [7, 11) is 0. The van der Waals surface area contributed by atoms with Gasteiger partial charge in [0, 0.05) is 6.42 Å². The van der Waals surface area contributed by atoms with Gasteiger partial charge in [-0.15, -0.1) is 6.42 Å². The Hall–Kier alpha value is -1.97. The molecule has 0 heterocycles. The molecule has 1 rings (SSSR count). The molecule has 16 heavy (non-hydrogen) atoms. The van der Waals surface area contributed by atoms with Crippen LogP contribution < -0.4 is 4.74 Å². The summed E-state index contributed by atoms with van der Waals surface area (Å²) in [6, 6.07) is 9.22. The number of nitrogens with zero attached hydrogens (tertiary/aromatic N) is 1. The molecular formula is C13H13NO2. The van der Waals surface area contributed by atoms with Crippen molar-refractivity contribution in [1.82, 2.24) is 0 Å². The molecule has 0 N–H and O–H groups in total. The number of hydrogen-bond acceptors (Lipinski definition) is 3. The van der Waals surface area contributed by atoms with Gasteiger partial charge in [-0.25, -0.2) is 0 Å². The van der Waals surface area contributed by atoms with E-state index < -0.39 is 0 Å². The molecule has 3 heteroatoms. The predicted octanol–water partition coefficient (Wildman–Crippen LogP) is 1.98. The number of rotatable bonds is 6. The molecule has 3 nitrogen and oxygen atoms in total. The van der Waals surface area contributed by atoms with Crippen molar-refractivity contribution in [3.05, 3.63) is 29.8 Å². The molecule has 1 aromatic rings. The van der Waals surface area contributed by atoms with Gasteiger partial charge in [-0.05, 0) is 12.1 Å². The van der Waals surface area contributed by atoms with Gasteiger partial charge in [-0.2, -0.15) is 5.26 Å². The van der Waals surface area contributed by atoms with Crippen molar-refractivity contribution in [2.24, 2.45) is 0 Å². The Balaban J connectivity index is 2.27. The Kier molecular flexibility index (Phi) is 5.55. The summed E-state index contributed by atoms with van der Waals surface area (Å²) >= 11 is 0. The zero-order valence-electron chi connectivity index (χ0n) is 8.98. The van der Waals surface area contributed by atoms with Crippen LogP contribution in [-0.2, 0) is 4.74 Å². The molecule has 0 aliphatic heterocycles. The second-order valence-electron chi connectivity index (χ2n) is 3.07. The first-order chi connectivity index (χ1) is 7.88. The Morgan fingerprint density at radius 1 is 1.25 bits per heavy atom. The molecule has 0 radical (unpaired) electrons. The molecule has 0 amide bonds. The third-order valence-corrected chi connectivity index (χ3v) is 1.88. The minimum atomic E-state index is 0.328. The zero-order valence-corrected chi connectivity index (χ0v) is 8.98. The van der Waals surface area contributed by atoms with Gasteiger partial charge in [-0.3, -0.25) is 0 Å². The minimum Gasteiger partial charge on any atom is -0.492 e. The molecule has 0 unspecified atom stereocenters. The van der Waals surface area contributed by atoms with Crippen molar-refractivity contribution in [2.75, 3.05) is 19.8 Å². The largest absolute Gasteiger partial charge is 0.492 e. The van der Waals surface area contributed by atoms with E-state index >= 15 is 0 Å². The summed E-state index contributed by atoms with van der Waals surface area (Å²) in [6.45, 7) is 1.41. The number of benzene rings is 1. The Morgan fingerprint density at radius 3 is 2.81 bits per heavy atom. The fraction of sp³-hybridized carbons (Fsp3) is 0.308. The Morgan fingerprint density at radius 2 is 2.06 bits per heavy atom. The third-order valence-electron chi connectivity index (χ3n) is 1.88. The number of nitriles is 1. The van der Waals surface area contributed by atoms with Crippen LogP contribution in [-0.4, -0.2) is 19.8 Å². The molecular weight excluding hydrogens is 202 g/mol. The van der Waals surface area contributed by atoms with Crippen LogP contribution in [0.15, 0.2) is 24.3 Å². The van der Waals surface area contributed by atoms with Crippen molar-refractivity contribution in [3.63, 3.8) is 0 Å². The summed E-state index contributed by atoms with van der Waals surface area (Å²) in [5.74, 6) is 3.00. The van der Waals surface area contributed by atoms with E-state index in [1.165, 1.54) is 0 Å². The number of terminal acetylenes is 1. The summed E-state index contributed by atoms with van der Waals surface area (Å²) < 4.78 is 10.6. The molecule has 82 valence electrons. The lowest BCUT2D eigenvalue weighted by atomic mass is 10.2. The summed E-state index contributed by atoms with van der Waals surface area (Å²) in [5, 5.41) is 8.81. The molecule has 0 saturated carbocycles. The Labute approximate surface area is 95.6 Å². The molecule has 0 aliphatic rings. The van der Waals surface area contributed by atoms with Gasteiger partial charge in [-0.1, -0.05) is 18.1 Å². The zero-order chi connectivity index (χ0) is 11.6. The van der Waals surface area contributed by atoms with E-state index in [9.17, 15) is 0 Å². The van der Waals surface area contributed by atoms with Gasteiger partial charge in [0.05, 0.1) is 18.8 Å². The lowest BCUT2D eigenvalue weighted by Gasteiger charge is -2.07. The second kappa shape index (κ2) is 7.34. The van der Waals surface area contributed by atoms with E-state index in [1.807, 2.05) is 6.07 Å². The van der Waals surface area contributed by atoms with E-state index in [1.54, 1.807) is 18.2 Å². The summed E-state index contributed by atoms with van der Waals surface area (Å²) in [4.78, 5) is 0. The molecule has 0 saturated heterocycles. The highest BCUT2D eigenvalue weighted by Gasteiger charge is 2.00. The molecule has 0 atom stereocenters. The van der Waals surface area contributed by atoms with Crippen LogP contribution in [0.3, 0.4) is 0 Å². The first-order valence-electron chi connectivity index (χ1n) is 5.01. The quantitative estimate of drug-likeness (QED) is 0.538. The lowest BCUT2D eigenvalue weighted by molar-refractivity contribution is 0.147. The van der Waals surface area contributed by atoms with Gasteiger partial charge < -0.3 is 9.47 Å². The molecule has 0 aliphatic carbocycles. The fourth-order valence-electron chi connectivity index (χ4n) is 1.16. The maximum Gasteiger partial charge on any atom is 0.137 e. The van der Waals surface area contributed by atoms with Crippen LogP contribution in [0.2, 0.25) is 0 Å². The van der Waals surface area contributed by atoms with Crippen LogP contribution in [0.4, 0.5) is 0 Å². The first-order valence-corrected chi connectivity index (χ1v) is 5.01. The highest BCUT2D eigenvalue weighted by Crippen LogP contribution is 2.16. The second-order valence-corrected chi connectivity index (χ2v) is 3.07. The molecule has 0 bridgehead atoms. The maximum atomic E-state index is 8.81. The topological polar surface area (TPSA) is 42.2 Å². The van der Waals surface area contributed by atoms with Gasteiger partial charge in [0.1, 0.15) is 18.4 Å². The number of hydrogen-bond donors (Lipinski definition) is 0. The van der Waals surface area contributed by atoms with Crippen molar-refractivity contribution in [2.45, 2.75) is 6.42 Å². The fourth-order valence-corrected chi connectivity index (χ4v) is 1.16. The maximum absolute atomic E-state index is 8.81. The van der Waals surface area contributed by atoms with Crippen LogP contribution >= 0.6 is 0 Å². The SMILES string of the molecule is C#CCOCCCOc1ccccc1C#N. The van der Waals surface area contributed by atoms with Crippen LogP contribution in [0.25, 0.3) is 0 Å². The van der Waals surface area contributed by atoms with E-state index in [2.05, 4.69) is 12.0 Å². The standard InChI is InChI=1S/C13H13NO2/c1-2-8-15-9-5-10-16-13-7-4-3-6-12(13)11-14/h1,3-4,6-7H,5,8-10H2. The monoisotopic (exact) mass is 215 g/mol. The molecule has 0 fully saturated rings. The molecule has 0 spiro atoms. The van der Waals surface area contributed by atoms with Crippen LogP contribution in [0, 0.1) is 23.7 Å². The van der Waals surface area contributed by atoms with Gasteiger partial charge in [0.25, 0.3) is 0 Å². The van der Waals surface area contributed by atoms with Crippen molar-refractivity contribution in [1.29, 1.82) is 5.26 Å². The van der Waals surface area contributed by atoms with Gasteiger partial charge in [0.15, 0.2) is 0 Å². The molecule has 0 aromatic heterocycles. The predicted molar refractivity (Wildman–Crippen MR) is 60.9 cm³/mol.